The molecular weight excluding hydrogens is 1820 g/mol. The van der Waals surface area contributed by atoms with E-state index in [9.17, 15) is 24.3 Å². The fourth-order valence-electron chi connectivity index (χ4n) is 23.6. The SMILES string of the molecule is CC1(C)c2ccccc2-c2ccc(N(c3ccc(-c4ccc(-c5ccc(-c6ccc7c8c6cccc8c(=O)n6c8cc(OC=O)ccc8nc76)s5)s4)cc3)c3ccc4c(c3)C(C)(C)c3ccccc3-4)cc21.CC1(C)c2ccccc2-c2ccc(N(c3ccc(-c4ccc(-c5ccc(-c6ccc7c8c6cccc8c(=O)n6c8ccc(C(=O)O)cc8nc76)s5)s4)cc3)c3ccc4c(c3)C(C)(C)c3ccccc3-4)cc21. The number of nitrogens with zero attached hydrogens (tertiary/aromatic N) is 6. The van der Waals surface area contributed by atoms with Crippen molar-refractivity contribution in [1.29, 1.82) is 0 Å². The van der Waals surface area contributed by atoms with Crippen molar-refractivity contribution in [3.63, 3.8) is 0 Å². The quantitative estimate of drug-likeness (QED) is 0.0987. The van der Waals surface area contributed by atoms with E-state index in [4.69, 9.17) is 14.7 Å². The molecule has 142 heavy (non-hydrogen) atoms. The highest BCUT2D eigenvalue weighted by Gasteiger charge is 2.42. The number of benzene rings is 16. The third-order valence-electron chi connectivity index (χ3n) is 30.7. The van der Waals surface area contributed by atoms with Gasteiger partial charge in [0.15, 0.2) is 0 Å². The number of rotatable bonds is 15. The Morgan fingerprint density at radius 3 is 1.01 bits per heavy atom. The number of ether oxygens (including phenoxy) is 1. The molecule has 0 atom stereocenters. The Labute approximate surface area is 833 Å². The van der Waals surface area contributed by atoms with Crippen molar-refractivity contribution in [3.05, 3.63) is 435 Å². The summed E-state index contributed by atoms with van der Waals surface area (Å²) in [6.45, 7) is 19.2. The van der Waals surface area contributed by atoms with Crippen LogP contribution in [-0.4, -0.2) is 36.3 Å². The molecule has 0 unspecified atom stereocenters. The number of imidazole rings is 2. The van der Waals surface area contributed by atoms with Crippen LogP contribution in [0, 0.1) is 0 Å². The van der Waals surface area contributed by atoms with Crippen LogP contribution in [0.2, 0.25) is 0 Å². The minimum atomic E-state index is -1.03. The Kier molecular flexibility index (Phi) is 18.7. The third-order valence-corrected chi connectivity index (χ3v) is 35.6. The Hall–Kier alpha value is -16.3. The molecule has 680 valence electrons. The second-order valence-electron chi connectivity index (χ2n) is 39.8. The zero-order chi connectivity index (χ0) is 96.0. The maximum Gasteiger partial charge on any atom is 0.335 e. The fraction of sp³-hybridized carbons (Fsp3) is 0.0952. The van der Waals surface area contributed by atoms with E-state index in [2.05, 4.69) is 362 Å². The van der Waals surface area contributed by atoms with Crippen LogP contribution in [0.5, 0.6) is 5.75 Å². The van der Waals surface area contributed by atoms with Gasteiger partial charge in [0.1, 0.15) is 17.0 Å². The van der Waals surface area contributed by atoms with Crippen molar-refractivity contribution < 1.29 is 19.4 Å². The smallest absolute Gasteiger partial charge is 0.335 e. The van der Waals surface area contributed by atoms with Gasteiger partial charge in [-0.05, 0) is 298 Å². The topological polar surface area (TPSA) is 139 Å². The minimum absolute atomic E-state index is 0.127. The van der Waals surface area contributed by atoms with Crippen LogP contribution in [0.15, 0.2) is 374 Å². The van der Waals surface area contributed by atoms with Crippen molar-refractivity contribution in [3.8, 4) is 112 Å². The summed E-state index contributed by atoms with van der Waals surface area (Å²) in [5, 5.41) is 16.3. The Morgan fingerprint density at radius 1 is 0.296 bits per heavy atom. The molecule has 12 nitrogen and oxygen atoms in total. The summed E-state index contributed by atoms with van der Waals surface area (Å²) in [5.74, 6) is -0.673. The number of hydrogen-bond acceptors (Lipinski definition) is 13. The number of carbonyl (C=O) groups excluding carboxylic acids is 1. The maximum absolute atomic E-state index is 14.2. The number of hydrogen-bond donors (Lipinski definition) is 1. The third kappa shape index (κ3) is 12.7. The summed E-state index contributed by atoms with van der Waals surface area (Å²) in [7, 11) is 0. The molecular formula is C126H86N6O6S4. The number of carboxylic acids is 1. The van der Waals surface area contributed by atoms with Crippen molar-refractivity contribution in [2.45, 2.75) is 77.0 Å². The van der Waals surface area contributed by atoms with Gasteiger partial charge in [-0.25, -0.2) is 14.8 Å². The number of thiophene rings is 4. The molecule has 0 amide bonds. The van der Waals surface area contributed by atoms with Gasteiger partial charge < -0.3 is 19.6 Å². The van der Waals surface area contributed by atoms with Gasteiger partial charge in [-0.2, -0.15) is 0 Å². The first-order chi connectivity index (χ1) is 69.0. The summed E-state index contributed by atoms with van der Waals surface area (Å²) in [5.41, 5.74) is 35.3. The van der Waals surface area contributed by atoms with E-state index in [-0.39, 0.29) is 38.3 Å². The summed E-state index contributed by atoms with van der Waals surface area (Å²) in [4.78, 5) is 75.1. The molecule has 4 aliphatic carbocycles. The average Bonchev–Trinajstić information content (AvgIpc) is 1.52. The molecule has 4 aliphatic rings. The normalized spacial score (nSPS) is 14.0. The molecule has 8 aromatic heterocycles. The Bertz CT molecular complexity index is 9470. The molecule has 8 heterocycles. The molecule has 16 aromatic carbocycles. The van der Waals surface area contributed by atoms with Crippen LogP contribution < -0.4 is 25.7 Å². The molecule has 0 radical (unpaired) electrons. The number of fused-ring (bicyclic) bond motifs is 20. The van der Waals surface area contributed by atoms with E-state index in [1.54, 1.807) is 78.4 Å². The first-order valence-corrected chi connectivity index (χ1v) is 51.1. The molecule has 0 spiro atoms. The highest BCUT2D eigenvalue weighted by molar-refractivity contribution is 7.26. The highest BCUT2D eigenvalue weighted by atomic mass is 32.1. The summed E-state index contributed by atoms with van der Waals surface area (Å²) in [6, 6.07) is 129. The molecule has 24 aromatic rings. The largest absolute Gasteiger partial charge is 0.478 e. The van der Waals surface area contributed by atoms with Gasteiger partial charge in [0.2, 0.25) is 0 Å². The predicted octanol–water partition coefficient (Wildman–Crippen LogP) is 32.8. The molecule has 0 saturated heterocycles. The lowest BCUT2D eigenvalue weighted by molar-refractivity contribution is -0.120. The van der Waals surface area contributed by atoms with Gasteiger partial charge in [-0.15, -0.1) is 45.3 Å². The zero-order valence-electron chi connectivity index (χ0n) is 78.5. The van der Waals surface area contributed by atoms with Crippen LogP contribution in [0.1, 0.15) is 110 Å². The van der Waals surface area contributed by atoms with Gasteiger partial charge in [-0.3, -0.25) is 23.2 Å². The molecule has 28 rings (SSSR count). The van der Waals surface area contributed by atoms with Gasteiger partial charge in [0, 0.05) is 133 Å². The van der Waals surface area contributed by atoms with Crippen LogP contribution in [0.4, 0.5) is 34.1 Å². The summed E-state index contributed by atoms with van der Waals surface area (Å²) in [6.07, 6.45) is 0. The average molecular weight is 1910 g/mol. The standard InChI is InChI=1S/2C63H43N3O3S2/c1-62(2)48-14-7-5-10-40(48)42-23-21-38(33-50(42)62)65(39-22-24-43-41-11-6-8-15-49(41)63(3,4)51(43)34-39)37-19-16-35(17-20-37)54-28-30-56(70-54)57-31-29-55(71-57)44-25-26-46-58-45(44)12-9-13-47(58)60(67)66-53-27-18-36(61(68)69)32-52(53)64-59(46)66;1-62(2)49-14-7-5-10-41(49)43-23-20-38(32-51(43)62)65(39-21-24-44-42-11-6-8-15-50(42)63(3,4)52(44)33-39)37-18-16-36(17-19-37)55-28-30-57(70-55)58-31-29-56(71-58)45-25-26-47-59-46(45)12-9-13-48(59)61(68)66-54-34-40(69-35-67)22-27-53(54)64-60(47)66/h5-34H,1-4H3,(H,68,69);5-35H,1-4H3. The Morgan fingerprint density at radius 2 is 0.627 bits per heavy atom. The second kappa shape index (κ2) is 31.3. The number of anilines is 6. The molecule has 1 N–H and O–H groups in total. The number of pyridine rings is 2. The van der Waals surface area contributed by atoms with Gasteiger partial charge in [-0.1, -0.05) is 237 Å². The molecule has 0 aliphatic heterocycles. The first kappa shape index (κ1) is 84.9. The van der Waals surface area contributed by atoms with Crippen LogP contribution in [-0.2, 0) is 26.5 Å². The monoisotopic (exact) mass is 1910 g/mol. The van der Waals surface area contributed by atoms with Crippen molar-refractivity contribution in [1.82, 2.24) is 18.8 Å². The highest BCUT2D eigenvalue weighted by Crippen LogP contribution is 2.58. The zero-order valence-corrected chi connectivity index (χ0v) is 81.8. The lowest BCUT2D eigenvalue weighted by atomic mass is 9.82. The van der Waals surface area contributed by atoms with E-state index in [0.717, 1.165) is 92.9 Å². The first-order valence-electron chi connectivity index (χ1n) is 47.8. The lowest BCUT2D eigenvalue weighted by Crippen LogP contribution is -2.18. The van der Waals surface area contributed by atoms with Crippen molar-refractivity contribution >= 4 is 168 Å². The van der Waals surface area contributed by atoms with Gasteiger partial charge in [0.25, 0.3) is 17.6 Å². The van der Waals surface area contributed by atoms with Crippen LogP contribution in [0.25, 0.3) is 182 Å². The molecule has 16 heteroatoms. The van der Waals surface area contributed by atoms with E-state index < -0.39 is 5.97 Å². The second-order valence-corrected chi connectivity index (χ2v) is 44.2. The molecule has 0 saturated carbocycles. The van der Waals surface area contributed by atoms with E-state index in [1.807, 2.05) is 30.3 Å². The van der Waals surface area contributed by atoms with Gasteiger partial charge >= 0.3 is 5.97 Å². The van der Waals surface area contributed by atoms with E-state index in [0.29, 0.717) is 56.4 Å². The summed E-state index contributed by atoms with van der Waals surface area (Å²) >= 11 is 7.10. The number of carbonyl (C=O) groups is 2. The van der Waals surface area contributed by atoms with Crippen molar-refractivity contribution in [2.75, 3.05) is 9.80 Å². The van der Waals surface area contributed by atoms with Gasteiger partial charge in [0.05, 0.1) is 27.6 Å². The maximum atomic E-state index is 14.2. The van der Waals surface area contributed by atoms with E-state index >= 15 is 0 Å². The number of aromatic nitrogens is 4. The number of carboxylic acid groups (broad SMARTS) is 1. The van der Waals surface area contributed by atoms with Crippen LogP contribution in [0.3, 0.4) is 0 Å². The predicted molar refractivity (Wildman–Crippen MR) is 588 cm³/mol. The minimum Gasteiger partial charge on any atom is -0.478 e. The lowest BCUT2D eigenvalue weighted by Gasteiger charge is -2.30. The van der Waals surface area contributed by atoms with E-state index in [1.165, 1.54) is 136 Å². The number of aromatic carboxylic acids is 1. The Balaban J connectivity index is 0.000000142. The molecule has 0 fully saturated rings. The van der Waals surface area contributed by atoms with Crippen molar-refractivity contribution in [2.24, 2.45) is 0 Å². The molecule has 0 bridgehead atoms. The van der Waals surface area contributed by atoms with Crippen LogP contribution >= 0.6 is 45.3 Å². The summed E-state index contributed by atoms with van der Waals surface area (Å²) < 4.78 is 8.36. The fourth-order valence-corrected chi connectivity index (χ4v) is 27.9.